The van der Waals surface area contributed by atoms with Gasteiger partial charge in [-0.15, -0.1) is 0 Å². The van der Waals surface area contributed by atoms with E-state index in [9.17, 15) is 10.1 Å². The van der Waals surface area contributed by atoms with Crippen LogP contribution in [0.3, 0.4) is 0 Å². The number of nitrogens with one attached hydrogen (secondary N) is 2. The van der Waals surface area contributed by atoms with Crippen LogP contribution in [0.5, 0.6) is 5.75 Å². The van der Waals surface area contributed by atoms with Gasteiger partial charge in [0.15, 0.2) is 0 Å². The first kappa shape index (κ1) is 29.8. The van der Waals surface area contributed by atoms with E-state index in [4.69, 9.17) is 9.72 Å². The SMILES string of the molecule is CCOc1cc(-c2ccc(N3CCC(C(=O)NCC(C)C)CC3CN3CCNC(C)(C)C3)nc2)c2c(C#N)cnn2c1. The lowest BCUT2D eigenvalue weighted by molar-refractivity contribution is -0.126. The quantitative estimate of drug-likeness (QED) is 0.399. The maximum Gasteiger partial charge on any atom is 0.223 e. The maximum atomic E-state index is 13.1. The van der Waals surface area contributed by atoms with Crippen LogP contribution in [0.2, 0.25) is 0 Å². The van der Waals surface area contributed by atoms with Gasteiger partial charge in [-0.05, 0) is 57.7 Å². The zero-order valence-electron chi connectivity index (χ0n) is 25.6. The summed E-state index contributed by atoms with van der Waals surface area (Å²) in [5.41, 5.74) is 3.06. The number of pyridine rings is 2. The lowest BCUT2D eigenvalue weighted by Gasteiger charge is -2.45. The molecular weight excluding hydrogens is 528 g/mol. The number of anilines is 1. The largest absolute Gasteiger partial charge is 0.492 e. The van der Waals surface area contributed by atoms with Gasteiger partial charge in [0.2, 0.25) is 5.91 Å². The van der Waals surface area contributed by atoms with Gasteiger partial charge in [0, 0.05) is 74.1 Å². The number of ether oxygens (including phenoxy) is 1. The van der Waals surface area contributed by atoms with Crippen LogP contribution in [0.15, 0.2) is 36.8 Å². The van der Waals surface area contributed by atoms with Crippen LogP contribution >= 0.6 is 0 Å². The normalized spacial score (nSPS) is 20.9. The Labute approximate surface area is 249 Å². The van der Waals surface area contributed by atoms with Crippen molar-refractivity contribution in [1.82, 2.24) is 30.1 Å². The average Bonchev–Trinajstić information content (AvgIpc) is 3.38. The fourth-order valence-corrected chi connectivity index (χ4v) is 6.27. The molecule has 1 amide bonds. The van der Waals surface area contributed by atoms with Crippen LogP contribution in [-0.2, 0) is 4.79 Å². The zero-order valence-corrected chi connectivity index (χ0v) is 25.6. The number of nitrogens with zero attached hydrogens (tertiary/aromatic N) is 6. The van der Waals surface area contributed by atoms with E-state index in [2.05, 4.69) is 71.4 Å². The molecule has 3 aromatic heterocycles. The lowest BCUT2D eigenvalue weighted by Crippen LogP contribution is -2.60. The first-order chi connectivity index (χ1) is 20.2. The predicted octanol–water partition coefficient (Wildman–Crippen LogP) is 3.71. The summed E-state index contributed by atoms with van der Waals surface area (Å²) >= 11 is 0. The molecule has 0 radical (unpaired) electrons. The van der Waals surface area contributed by atoms with Crippen molar-refractivity contribution in [3.05, 3.63) is 42.4 Å². The molecule has 2 fully saturated rings. The van der Waals surface area contributed by atoms with Gasteiger partial charge in [0.1, 0.15) is 17.6 Å². The van der Waals surface area contributed by atoms with Gasteiger partial charge in [-0.3, -0.25) is 9.69 Å². The number of carbonyl (C=O) groups excluding carboxylic acids is 1. The maximum absolute atomic E-state index is 13.1. The van der Waals surface area contributed by atoms with Crippen LogP contribution in [0.4, 0.5) is 5.82 Å². The fourth-order valence-electron chi connectivity index (χ4n) is 6.27. The molecule has 2 aliphatic rings. The Hall–Kier alpha value is -3.68. The second-order valence-corrected chi connectivity index (χ2v) is 12.6. The van der Waals surface area contributed by atoms with E-state index < -0.39 is 0 Å². The molecule has 42 heavy (non-hydrogen) atoms. The number of amides is 1. The van der Waals surface area contributed by atoms with Crippen LogP contribution in [0, 0.1) is 23.2 Å². The summed E-state index contributed by atoms with van der Waals surface area (Å²) in [7, 11) is 0. The third kappa shape index (κ3) is 6.69. The molecule has 5 rings (SSSR count). The van der Waals surface area contributed by atoms with Crippen molar-refractivity contribution in [2.45, 2.75) is 59.0 Å². The number of rotatable bonds is 9. The number of piperazine rings is 1. The van der Waals surface area contributed by atoms with Crippen molar-refractivity contribution < 1.29 is 9.53 Å². The van der Waals surface area contributed by atoms with E-state index >= 15 is 0 Å². The van der Waals surface area contributed by atoms with E-state index in [1.54, 1.807) is 16.9 Å². The van der Waals surface area contributed by atoms with Gasteiger partial charge in [-0.2, -0.15) is 10.4 Å². The molecule has 224 valence electrons. The molecule has 0 aliphatic carbocycles. The second-order valence-electron chi connectivity index (χ2n) is 12.6. The molecule has 0 bridgehead atoms. The van der Waals surface area contributed by atoms with E-state index in [0.717, 1.165) is 68.0 Å². The van der Waals surface area contributed by atoms with Crippen molar-refractivity contribution in [2.24, 2.45) is 11.8 Å². The second kappa shape index (κ2) is 12.7. The molecule has 0 saturated carbocycles. The Morgan fingerprint density at radius 1 is 1.29 bits per heavy atom. The van der Waals surface area contributed by atoms with Gasteiger partial charge in [-0.1, -0.05) is 13.8 Å². The molecule has 2 unspecified atom stereocenters. The number of nitriles is 1. The minimum Gasteiger partial charge on any atom is -0.492 e. The molecule has 0 spiro atoms. The Bertz CT molecular complexity index is 1420. The monoisotopic (exact) mass is 572 g/mol. The number of piperidine rings is 1. The number of hydrogen-bond acceptors (Lipinski definition) is 8. The van der Waals surface area contributed by atoms with Gasteiger partial charge < -0.3 is 20.3 Å². The number of carbonyl (C=O) groups is 1. The molecule has 10 heteroatoms. The molecule has 2 aliphatic heterocycles. The minimum atomic E-state index is 0.000978. The summed E-state index contributed by atoms with van der Waals surface area (Å²) in [6, 6.07) is 8.51. The number of hydrogen-bond donors (Lipinski definition) is 2. The molecule has 0 aromatic carbocycles. The van der Waals surface area contributed by atoms with Gasteiger partial charge >= 0.3 is 0 Å². The van der Waals surface area contributed by atoms with E-state index in [1.807, 2.05) is 19.2 Å². The van der Waals surface area contributed by atoms with Crippen LogP contribution < -0.4 is 20.3 Å². The van der Waals surface area contributed by atoms with E-state index in [0.29, 0.717) is 30.4 Å². The van der Waals surface area contributed by atoms with Crippen molar-refractivity contribution in [3.8, 4) is 22.9 Å². The molecule has 2 N–H and O–H groups in total. The first-order valence-electron chi connectivity index (χ1n) is 15.2. The Kier molecular flexibility index (Phi) is 8.99. The molecule has 10 nitrogen and oxygen atoms in total. The summed E-state index contributed by atoms with van der Waals surface area (Å²) in [5.74, 6) is 2.20. The summed E-state index contributed by atoms with van der Waals surface area (Å²) < 4.78 is 7.49. The third-order valence-electron chi connectivity index (χ3n) is 8.26. The highest BCUT2D eigenvalue weighted by molar-refractivity contribution is 5.85. The Morgan fingerprint density at radius 2 is 2.12 bits per heavy atom. The summed E-state index contributed by atoms with van der Waals surface area (Å²) in [6.07, 6.45) is 6.86. The fraction of sp³-hybridized carbons (Fsp3) is 0.562. The van der Waals surface area contributed by atoms with Gasteiger partial charge in [0.05, 0.1) is 30.1 Å². The van der Waals surface area contributed by atoms with Gasteiger partial charge in [-0.25, -0.2) is 9.50 Å². The predicted molar refractivity (Wildman–Crippen MR) is 165 cm³/mol. The highest BCUT2D eigenvalue weighted by Gasteiger charge is 2.36. The zero-order chi connectivity index (χ0) is 29.9. The minimum absolute atomic E-state index is 0.000978. The highest BCUT2D eigenvalue weighted by Crippen LogP contribution is 2.33. The van der Waals surface area contributed by atoms with Crippen LogP contribution in [0.25, 0.3) is 16.6 Å². The first-order valence-corrected chi connectivity index (χ1v) is 15.2. The third-order valence-corrected chi connectivity index (χ3v) is 8.26. The smallest absolute Gasteiger partial charge is 0.223 e. The topological polar surface area (TPSA) is 111 Å². The molecule has 5 heterocycles. The summed E-state index contributed by atoms with van der Waals surface area (Å²) in [4.78, 5) is 22.9. The summed E-state index contributed by atoms with van der Waals surface area (Å²) in [6.45, 7) is 16.5. The molecule has 2 atom stereocenters. The molecule has 3 aromatic rings. The van der Waals surface area contributed by atoms with Crippen molar-refractivity contribution >= 4 is 17.2 Å². The summed E-state index contributed by atoms with van der Waals surface area (Å²) in [5, 5.41) is 20.9. The van der Waals surface area contributed by atoms with E-state index in [-0.39, 0.29) is 23.4 Å². The Balaban J connectivity index is 1.41. The lowest BCUT2D eigenvalue weighted by atomic mass is 9.89. The average molecular weight is 573 g/mol. The standard InChI is InChI=1S/C32H44N8O2/c1-6-42-27-14-28(30-25(15-33)18-37-40(30)20-27)24-7-8-29(34-17-24)39-11-9-23(31(41)35-16-22(2)3)13-26(39)19-38-12-10-36-32(4,5)21-38/h7-8,14,17-18,20,22-23,26,36H,6,9-13,16,19,21H2,1-5H3,(H,35,41). The van der Waals surface area contributed by atoms with E-state index in [1.165, 1.54) is 0 Å². The molecular formula is C32H44N8O2. The van der Waals surface area contributed by atoms with Gasteiger partial charge in [0.25, 0.3) is 0 Å². The Morgan fingerprint density at radius 3 is 2.81 bits per heavy atom. The molecule has 2 saturated heterocycles. The highest BCUT2D eigenvalue weighted by atomic mass is 16.5. The number of aromatic nitrogens is 3. The van der Waals surface area contributed by atoms with Crippen molar-refractivity contribution in [1.29, 1.82) is 5.26 Å². The van der Waals surface area contributed by atoms with Crippen molar-refractivity contribution in [2.75, 3.05) is 50.8 Å². The van der Waals surface area contributed by atoms with Crippen LogP contribution in [0.1, 0.15) is 53.0 Å². The number of fused-ring (bicyclic) bond motifs is 1. The van der Waals surface area contributed by atoms with Crippen LogP contribution in [-0.4, -0.2) is 82.9 Å². The van der Waals surface area contributed by atoms with Crippen molar-refractivity contribution in [3.63, 3.8) is 0 Å².